The zero-order chi connectivity index (χ0) is 39.5. The molecule has 0 radical (unpaired) electrons. The predicted molar refractivity (Wildman–Crippen MR) is 245 cm³/mol. The SMILES string of the molecule is C[Si](C)=[Zr+2].Cc1ccc(-c2cccc3[cH-]c(CC4(C)CCCCCCC4)cc23)cc1.Cc1ccc(-c2cccc3[cH-]c(CC4(C)CCCCCCC4)cc23)cc1.[Cl-].[Cl-]. The van der Waals surface area contributed by atoms with Crippen LogP contribution in [-0.2, 0) is 36.2 Å². The van der Waals surface area contributed by atoms with Crippen molar-refractivity contribution in [3.8, 4) is 22.3 Å². The fraction of sp³-hybridized carbons (Fsp3) is 0.444. The summed E-state index contributed by atoms with van der Waals surface area (Å²) in [6, 6.07) is 41.2. The van der Waals surface area contributed by atoms with Crippen LogP contribution in [0.1, 0.15) is 126 Å². The number of hydrogen-bond donors (Lipinski definition) is 0. The molecule has 0 spiro atoms. The standard InChI is InChI=1S/2C26H31.C2H6Si.2ClH.Zr/c2*1-20-11-13-22(14-12-20)24-10-8-9-23-17-21(18-25(23)24)19-26(2)15-6-4-3-5-7-16-26;1-3-2;;;/h2*8-14,17-18H,3-7,15-16,19H2,1-2H3;1-2H3;2*1H;/q2*-1;;;;+2/p-2. The number of aryl methyl sites for hydroxylation is 2. The maximum atomic E-state index is 2.52. The first kappa shape index (κ1) is 48.4. The maximum Gasteiger partial charge on any atom is -0.0279 e. The molecule has 0 atom stereocenters. The normalized spacial score (nSPS) is 16.4. The van der Waals surface area contributed by atoms with Crippen LogP contribution < -0.4 is 24.8 Å². The van der Waals surface area contributed by atoms with E-state index in [2.05, 4.69) is 150 Å². The number of halogens is 2. The molecule has 0 bridgehead atoms. The summed E-state index contributed by atoms with van der Waals surface area (Å²) in [6.07, 6.45) is 22.2. The second-order valence-corrected chi connectivity index (χ2v) is 28.0. The summed E-state index contributed by atoms with van der Waals surface area (Å²) in [5.41, 5.74) is 12.3. The molecule has 0 N–H and O–H groups in total. The summed E-state index contributed by atoms with van der Waals surface area (Å²) in [5, 5.41) is 5.63. The van der Waals surface area contributed by atoms with Gasteiger partial charge in [-0.15, -0.1) is 69.1 Å². The van der Waals surface area contributed by atoms with Crippen molar-refractivity contribution >= 4 is 27.0 Å². The average Bonchev–Trinajstić information content (AvgIpc) is 3.76. The van der Waals surface area contributed by atoms with Crippen LogP contribution >= 0.6 is 0 Å². The smallest absolute Gasteiger partial charge is 0.0279 e. The van der Waals surface area contributed by atoms with Crippen molar-refractivity contribution in [2.24, 2.45) is 10.8 Å². The minimum absolute atomic E-state index is 0. The Morgan fingerprint density at radius 1 is 0.500 bits per heavy atom. The van der Waals surface area contributed by atoms with E-state index in [4.69, 9.17) is 0 Å². The average molecular weight is 907 g/mol. The second-order valence-electron chi connectivity index (χ2n) is 18.6. The fourth-order valence-electron chi connectivity index (χ4n) is 9.62. The van der Waals surface area contributed by atoms with Gasteiger partial charge in [-0.1, -0.05) is 161 Å². The molecule has 58 heavy (non-hydrogen) atoms. The number of hydrogen-bond acceptors (Lipinski definition) is 0. The van der Waals surface area contributed by atoms with E-state index in [-0.39, 0.29) is 30.2 Å². The van der Waals surface area contributed by atoms with Gasteiger partial charge in [-0.3, -0.25) is 0 Å². The van der Waals surface area contributed by atoms with Crippen molar-refractivity contribution in [2.45, 2.75) is 144 Å². The Labute approximate surface area is 380 Å². The molecule has 4 heteroatoms. The van der Waals surface area contributed by atoms with E-state index < -0.39 is 0 Å². The Hall–Kier alpha value is -2.22. The van der Waals surface area contributed by atoms with Gasteiger partial charge in [0.05, 0.1) is 0 Å². The van der Waals surface area contributed by atoms with Crippen LogP contribution in [0.3, 0.4) is 0 Å². The molecule has 6 aromatic carbocycles. The Bertz CT molecular complexity index is 1980. The summed E-state index contributed by atoms with van der Waals surface area (Å²) in [5.74, 6) is 0. The molecule has 8 rings (SSSR count). The third-order valence-corrected chi connectivity index (χ3v) is 12.7. The van der Waals surface area contributed by atoms with Crippen molar-refractivity contribution in [3.05, 3.63) is 131 Å². The summed E-state index contributed by atoms with van der Waals surface area (Å²) < 4.78 is 0. The third kappa shape index (κ3) is 13.9. The first-order valence-corrected chi connectivity index (χ1v) is 28.2. The summed E-state index contributed by atoms with van der Waals surface area (Å²) in [6.45, 7) is 14.0. The van der Waals surface area contributed by atoms with E-state index in [0.717, 1.165) is 0 Å². The molecule has 0 heterocycles. The van der Waals surface area contributed by atoms with Crippen molar-refractivity contribution in [3.63, 3.8) is 0 Å². The molecule has 0 saturated heterocycles. The van der Waals surface area contributed by atoms with Crippen LogP contribution in [0.4, 0.5) is 0 Å². The molecule has 2 aliphatic rings. The van der Waals surface area contributed by atoms with Gasteiger partial charge in [0.15, 0.2) is 0 Å². The molecule has 0 unspecified atom stereocenters. The molecule has 2 fully saturated rings. The molecule has 0 aliphatic heterocycles. The van der Waals surface area contributed by atoms with E-state index in [0.29, 0.717) is 10.8 Å². The summed E-state index contributed by atoms with van der Waals surface area (Å²) in [4.78, 5) is 0. The van der Waals surface area contributed by atoms with Gasteiger partial charge in [0.2, 0.25) is 0 Å². The first-order valence-electron chi connectivity index (χ1n) is 22.0. The number of fused-ring (bicyclic) bond motifs is 2. The molecule has 0 nitrogen and oxygen atoms in total. The van der Waals surface area contributed by atoms with E-state index in [9.17, 15) is 0 Å². The van der Waals surface area contributed by atoms with Crippen LogP contribution in [0, 0.1) is 24.7 Å². The predicted octanol–water partition coefficient (Wildman–Crippen LogP) is 10.4. The van der Waals surface area contributed by atoms with Gasteiger partial charge in [0.25, 0.3) is 0 Å². The zero-order valence-electron chi connectivity index (χ0n) is 36.5. The van der Waals surface area contributed by atoms with Crippen LogP contribution in [0.2, 0.25) is 13.1 Å². The van der Waals surface area contributed by atoms with Crippen LogP contribution in [0.25, 0.3) is 43.8 Å². The molecular formula is C54H68Cl2SiZr-2. The third-order valence-electron chi connectivity index (χ3n) is 12.7. The van der Waals surface area contributed by atoms with E-state index in [1.807, 2.05) is 0 Å². The minimum Gasteiger partial charge on any atom is -1.00 e. The van der Waals surface area contributed by atoms with Crippen molar-refractivity contribution in [1.82, 2.24) is 0 Å². The van der Waals surface area contributed by atoms with Crippen LogP contribution in [-0.4, -0.2) is 5.43 Å². The monoisotopic (exact) mass is 904 g/mol. The minimum atomic E-state index is 0. The first-order chi connectivity index (χ1) is 27.0. The molecule has 6 aromatic rings. The van der Waals surface area contributed by atoms with Gasteiger partial charge >= 0.3 is 41.9 Å². The fourth-order valence-corrected chi connectivity index (χ4v) is 9.62. The van der Waals surface area contributed by atoms with E-state index in [1.54, 1.807) is 23.3 Å². The Morgan fingerprint density at radius 2 is 0.810 bits per heavy atom. The summed E-state index contributed by atoms with van der Waals surface area (Å²) >= 11 is 1.74. The summed E-state index contributed by atoms with van der Waals surface area (Å²) in [7, 11) is 0. The molecule has 0 amide bonds. The topological polar surface area (TPSA) is 0 Å². The van der Waals surface area contributed by atoms with Gasteiger partial charge in [-0.05, 0) is 74.3 Å². The van der Waals surface area contributed by atoms with Crippen molar-refractivity contribution in [2.75, 3.05) is 0 Å². The number of rotatable bonds is 6. The van der Waals surface area contributed by atoms with Crippen molar-refractivity contribution < 1.29 is 48.1 Å². The maximum absolute atomic E-state index is 2.52. The molecule has 2 aliphatic carbocycles. The van der Waals surface area contributed by atoms with Gasteiger partial charge in [0.1, 0.15) is 0 Å². The molecule has 0 aromatic heterocycles. The van der Waals surface area contributed by atoms with E-state index in [1.165, 1.54) is 169 Å². The quantitative estimate of drug-likeness (QED) is 0.115. The van der Waals surface area contributed by atoms with Crippen LogP contribution in [0.5, 0.6) is 0 Å². The van der Waals surface area contributed by atoms with Crippen molar-refractivity contribution in [1.29, 1.82) is 0 Å². The Morgan fingerprint density at radius 3 is 1.14 bits per heavy atom. The molecular weight excluding hydrogens is 839 g/mol. The molecule has 308 valence electrons. The number of benzene rings is 4. The Balaban J connectivity index is 0.000000228. The van der Waals surface area contributed by atoms with E-state index >= 15 is 0 Å². The van der Waals surface area contributed by atoms with Gasteiger partial charge in [0, 0.05) is 0 Å². The largest absolute Gasteiger partial charge is 1.00 e. The van der Waals surface area contributed by atoms with Gasteiger partial charge < -0.3 is 24.8 Å². The van der Waals surface area contributed by atoms with Gasteiger partial charge in [-0.2, -0.15) is 12.1 Å². The van der Waals surface area contributed by atoms with Gasteiger partial charge in [-0.25, -0.2) is 0 Å². The molecule has 2 saturated carbocycles. The zero-order valence-corrected chi connectivity index (χ0v) is 41.4. The second kappa shape index (κ2) is 23.1. The van der Waals surface area contributed by atoms with Crippen LogP contribution in [0.15, 0.2) is 109 Å². The Kier molecular flexibility index (Phi) is 19.3.